The van der Waals surface area contributed by atoms with E-state index < -0.39 is 5.92 Å². The van der Waals surface area contributed by atoms with E-state index in [1.54, 1.807) is 18.2 Å². The fourth-order valence-electron chi connectivity index (χ4n) is 2.01. The number of hydrogen-bond acceptors (Lipinski definition) is 3. The van der Waals surface area contributed by atoms with Crippen molar-refractivity contribution in [2.24, 2.45) is 0 Å². The van der Waals surface area contributed by atoms with Crippen LogP contribution in [0.2, 0.25) is 10.0 Å². The van der Waals surface area contributed by atoms with Crippen LogP contribution in [-0.2, 0) is 9.53 Å². The lowest BCUT2D eigenvalue weighted by Gasteiger charge is -2.17. The molecule has 0 fully saturated rings. The number of rotatable bonds is 5. The zero-order valence-electron chi connectivity index (χ0n) is 11.5. The third kappa shape index (κ3) is 4.13. The molecule has 0 aliphatic heterocycles. The van der Waals surface area contributed by atoms with Crippen LogP contribution in [0, 0.1) is 0 Å². The first-order chi connectivity index (χ1) is 10.1. The quantitative estimate of drug-likeness (QED) is 0.831. The van der Waals surface area contributed by atoms with Gasteiger partial charge in [-0.15, -0.1) is 0 Å². The van der Waals surface area contributed by atoms with Crippen molar-refractivity contribution in [3.63, 3.8) is 0 Å². The van der Waals surface area contributed by atoms with Gasteiger partial charge in [0.1, 0.15) is 0 Å². The van der Waals surface area contributed by atoms with Crippen LogP contribution in [0.15, 0.2) is 48.5 Å². The Morgan fingerprint density at radius 3 is 2.52 bits per heavy atom. The molecule has 0 amide bonds. The topological polar surface area (TPSA) is 38.3 Å². The van der Waals surface area contributed by atoms with Gasteiger partial charge >= 0.3 is 5.97 Å². The number of esters is 1. The number of nitrogens with one attached hydrogen (secondary N) is 1. The van der Waals surface area contributed by atoms with Crippen molar-refractivity contribution in [2.45, 2.75) is 5.92 Å². The van der Waals surface area contributed by atoms with Crippen LogP contribution in [0.25, 0.3) is 0 Å². The molecule has 0 aliphatic rings. The molecule has 21 heavy (non-hydrogen) atoms. The van der Waals surface area contributed by atoms with Crippen molar-refractivity contribution in [2.75, 3.05) is 19.0 Å². The molecule has 110 valence electrons. The van der Waals surface area contributed by atoms with Gasteiger partial charge in [-0.1, -0.05) is 53.5 Å². The highest BCUT2D eigenvalue weighted by atomic mass is 35.5. The SMILES string of the molecule is COC(=O)C(CNc1ccc(Cl)cc1Cl)c1ccccc1. The summed E-state index contributed by atoms with van der Waals surface area (Å²) in [5.74, 6) is -0.693. The van der Waals surface area contributed by atoms with Gasteiger partial charge in [-0.2, -0.15) is 0 Å². The fourth-order valence-corrected chi connectivity index (χ4v) is 2.49. The highest BCUT2D eigenvalue weighted by Crippen LogP contribution is 2.26. The number of halogens is 2. The summed E-state index contributed by atoms with van der Waals surface area (Å²) in [7, 11) is 1.38. The van der Waals surface area contributed by atoms with Gasteiger partial charge in [0.25, 0.3) is 0 Å². The monoisotopic (exact) mass is 323 g/mol. The predicted molar refractivity (Wildman–Crippen MR) is 86.2 cm³/mol. The first kappa shape index (κ1) is 15.7. The molecule has 1 N–H and O–H groups in total. The zero-order chi connectivity index (χ0) is 15.2. The Morgan fingerprint density at radius 1 is 1.19 bits per heavy atom. The fraction of sp³-hybridized carbons (Fsp3) is 0.188. The van der Waals surface area contributed by atoms with Crippen LogP contribution in [0.5, 0.6) is 0 Å². The Balaban J connectivity index is 2.15. The number of anilines is 1. The molecule has 2 rings (SSSR count). The van der Waals surface area contributed by atoms with E-state index in [1.807, 2.05) is 30.3 Å². The van der Waals surface area contributed by atoms with Crippen LogP contribution in [0.3, 0.4) is 0 Å². The van der Waals surface area contributed by atoms with E-state index in [0.717, 1.165) is 11.3 Å². The third-order valence-electron chi connectivity index (χ3n) is 3.12. The summed E-state index contributed by atoms with van der Waals surface area (Å²) in [6.07, 6.45) is 0. The smallest absolute Gasteiger partial charge is 0.314 e. The molecule has 0 aromatic heterocycles. The molecule has 5 heteroatoms. The summed E-state index contributed by atoms with van der Waals surface area (Å²) in [4.78, 5) is 12.0. The molecule has 3 nitrogen and oxygen atoms in total. The first-order valence-corrected chi connectivity index (χ1v) is 7.19. The molecule has 1 unspecified atom stereocenters. The second kappa shape index (κ2) is 7.34. The standard InChI is InChI=1S/C16H15Cl2NO2/c1-21-16(20)13(11-5-3-2-4-6-11)10-19-15-8-7-12(17)9-14(15)18/h2-9,13,19H,10H2,1H3. The number of carbonyl (C=O) groups excluding carboxylic acids is 1. The molecule has 0 heterocycles. The van der Waals surface area contributed by atoms with Gasteiger partial charge in [-0.3, -0.25) is 4.79 Å². The van der Waals surface area contributed by atoms with Crippen LogP contribution < -0.4 is 5.32 Å². The van der Waals surface area contributed by atoms with E-state index in [1.165, 1.54) is 7.11 Å². The molecule has 2 aromatic carbocycles. The van der Waals surface area contributed by atoms with E-state index >= 15 is 0 Å². The Bertz CT molecular complexity index is 617. The van der Waals surface area contributed by atoms with Crippen molar-refractivity contribution in [1.29, 1.82) is 0 Å². The van der Waals surface area contributed by atoms with E-state index in [9.17, 15) is 4.79 Å². The minimum Gasteiger partial charge on any atom is -0.468 e. The maximum absolute atomic E-state index is 12.0. The lowest BCUT2D eigenvalue weighted by molar-refractivity contribution is -0.142. The second-order valence-corrected chi connectivity index (χ2v) is 5.34. The summed E-state index contributed by atoms with van der Waals surface area (Å²) >= 11 is 12.0. The number of ether oxygens (including phenoxy) is 1. The number of carbonyl (C=O) groups is 1. The highest BCUT2D eigenvalue weighted by Gasteiger charge is 2.21. The average molecular weight is 324 g/mol. The maximum atomic E-state index is 12.0. The van der Waals surface area contributed by atoms with Gasteiger partial charge in [-0.25, -0.2) is 0 Å². The maximum Gasteiger partial charge on any atom is 0.314 e. The molecule has 0 bridgehead atoms. The lowest BCUT2D eigenvalue weighted by atomic mass is 9.99. The Kier molecular flexibility index (Phi) is 5.48. The molecule has 0 spiro atoms. The van der Waals surface area contributed by atoms with Gasteiger partial charge in [0.15, 0.2) is 0 Å². The lowest BCUT2D eigenvalue weighted by Crippen LogP contribution is -2.22. The molecule has 0 saturated heterocycles. The normalized spacial score (nSPS) is 11.8. The highest BCUT2D eigenvalue weighted by molar-refractivity contribution is 6.36. The van der Waals surface area contributed by atoms with Crippen molar-refractivity contribution >= 4 is 34.9 Å². The minimum atomic E-state index is -0.400. The zero-order valence-corrected chi connectivity index (χ0v) is 13.0. The van der Waals surface area contributed by atoms with Crippen molar-refractivity contribution in [1.82, 2.24) is 0 Å². The summed E-state index contributed by atoms with van der Waals surface area (Å²) < 4.78 is 4.87. The number of benzene rings is 2. The predicted octanol–water partition coefficient (Wildman–Crippen LogP) is 4.36. The van der Waals surface area contributed by atoms with E-state index in [-0.39, 0.29) is 5.97 Å². The molecule has 2 aromatic rings. The molecular formula is C16H15Cl2NO2. The molecule has 0 radical (unpaired) electrons. The Labute approximate surface area is 133 Å². The molecule has 1 atom stereocenters. The van der Waals surface area contributed by atoms with Crippen LogP contribution in [0.4, 0.5) is 5.69 Å². The van der Waals surface area contributed by atoms with Gasteiger partial charge < -0.3 is 10.1 Å². The second-order valence-electron chi connectivity index (χ2n) is 4.49. The minimum absolute atomic E-state index is 0.293. The molecule has 0 saturated carbocycles. The average Bonchev–Trinajstić information content (AvgIpc) is 2.50. The van der Waals surface area contributed by atoms with Crippen molar-refractivity contribution < 1.29 is 9.53 Å². The van der Waals surface area contributed by atoms with Gasteiger partial charge in [0.2, 0.25) is 0 Å². The summed E-state index contributed by atoms with van der Waals surface area (Å²) in [5.41, 5.74) is 1.62. The Hall–Kier alpha value is -1.71. The summed E-state index contributed by atoms with van der Waals surface area (Å²) in [6.45, 7) is 0.387. The van der Waals surface area contributed by atoms with Gasteiger partial charge in [0, 0.05) is 11.6 Å². The van der Waals surface area contributed by atoms with Crippen LogP contribution in [-0.4, -0.2) is 19.6 Å². The van der Waals surface area contributed by atoms with Crippen LogP contribution >= 0.6 is 23.2 Å². The number of methoxy groups -OCH3 is 1. The van der Waals surface area contributed by atoms with E-state index in [2.05, 4.69) is 5.32 Å². The third-order valence-corrected chi connectivity index (χ3v) is 3.66. The van der Waals surface area contributed by atoms with E-state index in [0.29, 0.717) is 16.6 Å². The van der Waals surface area contributed by atoms with Gasteiger partial charge in [0.05, 0.1) is 23.7 Å². The summed E-state index contributed by atoms with van der Waals surface area (Å²) in [5, 5.41) is 4.24. The van der Waals surface area contributed by atoms with Crippen molar-refractivity contribution in [3.8, 4) is 0 Å². The summed E-state index contributed by atoms with van der Waals surface area (Å²) in [6, 6.07) is 14.7. The Morgan fingerprint density at radius 2 is 1.90 bits per heavy atom. The molecule has 0 aliphatic carbocycles. The van der Waals surface area contributed by atoms with Crippen molar-refractivity contribution in [3.05, 3.63) is 64.1 Å². The van der Waals surface area contributed by atoms with Gasteiger partial charge in [-0.05, 0) is 23.8 Å². The van der Waals surface area contributed by atoms with E-state index in [4.69, 9.17) is 27.9 Å². The number of hydrogen-bond donors (Lipinski definition) is 1. The largest absolute Gasteiger partial charge is 0.468 e. The molecular weight excluding hydrogens is 309 g/mol. The first-order valence-electron chi connectivity index (χ1n) is 6.43. The van der Waals surface area contributed by atoms with Crippen LogP contribution in [0.1, 0.15) is 11.5 Å².